The molecule has 0 saturated carbocycles. The van der Waals surface area contributed by atoms with E-state index < -0.39 is 10.0 Å². The summed E-state index contributed by atoms with van der Waals surface area (Å²) in [5.41, 5.74) is 3.63. The second-order valence-electron chi connectivity index (χ2n) is 9.61. The number of pyridine rings is 1. The Morgan fingerprint density at radius 1 is 1.05 bits per heavy atom. The molecule has 1 saturated heterocycles. The first kappa shape index (κ1) is 25.2. The molecule has 1 aliphatic heterocycles. The number of aromatic nitrogens is 6. The van der Waals surface area contributed by atoms with Gasteiger partial charge in [0.15, 0.2) is 11.5 Å². The van der Waals surface area contributed by atoms with Gasteiger partial charge >= 0.3 is 0 Å². The lowest BCUT2D eigenvalue weighted by Crippen LogP contribution is -2.44. The van der Waals surface area contributed by atoms with Gasteiger partial charge in [0.1, 0.15) is 5.82 Å². The predicted molar refractivity (Wildman–Crippen MR) is 149 cm³/mol. The van der Waals surface area contributed by atoms with Crippen molar-refractivity contribution < 1.29 is 13.2 Å². The molecule has 0 N–H and O–H groups in total. The Morgan fingerprint density at radius 2 is 1.87 bits per heavy atom. The van der Waals surface area contributed by atoms with Crippen molar-refractivity contribution in [3.05, 3.63) is 72.7 Å². The normalized spacial score (nSPS) is 16.2. The van der Waals surface area contributed by atoms with Crippen molar-refractivity contribution in [3.8, 4) is 22.8 Å². The molecule has 6 rings (SSSR count). The summed E-state index contributed by atoms with van der Waals surface area (Å²) in [5.74, 6) is 1.27. The highest BCUT2D eigenvalue weighted by Crippen LogP contribution is 2.32. The minimum atomic E-state index is -3.84. The lowest BCUT2D eigenvalue weighted by atomic mass is 10.1. The van der Waals surface area contributed by atoms with E-state index in [1.54, 1.807) is 42.7 Å². The largest absolute Gasteiger partial charge is 0.377 e. The first-order valence-corrected chi connectivity index (χ1v) is 14.3. The summed E-state index contributed by atoms with van der Waals surface area (Å²) in [4.78, 5) is 16.8. The molecular formula is C28H29N7O3S. The van der Waals surface area contributed by atoms with Crippen LogP contribution in [0.5, 0.6) is 0 Å². The van der Waals surface area contributed by atoms with Crippen molar-refractivity contribution in [1.82, 2.24) is 28.7 Å². The van der Waals surface area contributed by atoms with E-state index in [9.17, 15) is 8.42 Å². The van der Waals surface area contributed by atoms with Gasteiger partial charge in [-0.2, -0.15) is 5.10 Å². The summed E-state index contributed by atoms with van der Waals surface area (Å²) in [7, 11) is -3.84. The molecular weight excluding hydrogens is 514 g/mol. The van der Waals surface area contributed by atoms with Gasteiger partial charge in [-0.05, 0) is 51.1 Å². The van der Waals surface area contributed by atoms with Crippen LogP contribution in [0.15, 0.2) is 72.0 Å². The molecule has 1 atom stereocenters. The van der Waals surface area contributed by atoms with E-state index in [4.69, 9.17) is 14.7 Å². The van der Waals surface area contributed by atoms with E-state index in [1.807, 2.05) is 36.7 Å². The summed E-state index contributed by atoms with van der Waals surface area (Å²) >= 11 is 0. The van der Waals surface area contributed by atoms with Gasteiger partial charge in [0.25, 0.3) is 10.0 Å². The molecule has 5 aromatic rings. The number of nitrogens with zero attached hydrogens (tertiary/aromatic N) is 7. The van der Waals surface area contributed by atoms with Crippen LogP contribution in [0, 0.1) is 6.92 Å². The molecule has 5 heterocycles. The highest BCUT2D eigenvalue weighted by Gasteiger charge is 2.25. The van der Waals surface area contributed by atoms with Gasteiger partial charge in [0.05, 0.1) is 35.5 Å². The van der Waals surface area contributed by atoms with Gasteiger partial charge in [-0.3, -0.25) is 4.68 Å². The summed E-state index contributed by atoms with van der Waals surface area (Å²) < 4.78 is 35.8. The zero-order valence-electron chi connectivity index (χ0n) is 22.0. The summed E-state index contributed by atoms with van der Waals surface area (Å²) in [6.07, 6.45) is 4.90. The van der Waals surface area contributed by atoms with E-state index >= 15 is 0 Å². The van der Waals surface area contributed by atoms with Gasteiger partial charge in [-0.1, -0.05) is 17.7 Å². The lowest BCUT2D eigenvalue weighted by molar-refractivity contribution is 0.0985. The van der Waals surface area contributed by atoms with E-state index in [0.717, 1.165) is 22.8 Å². The van der Waals surface area contributed by atoms with Gasteiger partial charge in [-0.15, -0.1) is 0 Å². The molecule has 0 unspecified atom stereocenters. The summed E-state index contributed by atoms with van der Waals surface area (Å²) in [5, 5.41) is 5.08. The van der Waals surface area contributed by atoms with Crippen LogP contribution in [0.1, 0.15) is 19.4 Å². The predicted octanol–water partition coefficient (Wildman–Crippen LogP) is 4.15. The molecule has 1 aliphatic rings. The van der Waals surface area contributed by atoms with Crippen molar-refractivity contribution in [2.75, 3.05) is 24.7 Å². The first-order chi connectivity index (χ1) is 18.9. The zero-order valence-corrected chi connectivity index (χ0v) is 22.8. The molecule has 4 aromatic heterocycles. The van der Waals surface area contributed by atoms with Crippen LogP contribution in [0.4, 0.5) is 5.82 Å². The Morgan fingerprint density at radius 3 is 2.64 bits per heavy atom. The number of hydrogen-bond acceptors (Lipinski definition) is 8. The quantitative estimate of drug-likeness (QED) is 0.314. The van der Waals surface area contributed by atoms with Crippen molar-refractivity contribution in [3.63, 3.8) is 0 Å². The number of aryl methyl sites for hydroxylation is 2. The van der Waals surface area contributed by atoms with Crippen LogP contribution in [0.3, 0.4) is 0 Å². The lowest BCUT2D eigenvalue weighted by Gasteiger charge is -2.34. The van der Waals surface area contributed by atoms with Crippen molar-refractivity contribution in [2.24, 2.45) is 0 Å². The fraction of sp³-hybridized carbons (Fsp3) is 0.286. The third-order valence-electron chi connectivity index (χ3n) is 7.03. The molecule has 0 bridgehead atoms. The maximum atomic E-state index is 13.5. The number of anilines is 1. The van der Waals surface area contributed by atoms with Crippen molar-refractivity contribution in [2.45, 2.75) is 38.3 Å². The molecule has 0 radical (unpaired) electrons. The van der Waals surface area contributed by atoms with Gasteiger partial charge in [-0.25, -0.2) is 27.3 Å². The molecule has 0 spiro atoms. The van der Waals surface area contributed by atoms with E-state index in [1.165, 1.54) is 10.2 Å². The molecule has 11 heteroatoms. The number of benzene rings is 1. The molecule has 39 heavy (non-hydrogen) atoms. The standard InChI is InChI=1S/C28H29N7O3S/c1-4-34-25(10-13-30-34)24-17-26(33-15-16-38-18-20(33)3)32-27(31-24)22-9-12-29-28-23(22)11-14-35(28)39(36,37)21-7-5-19(2)6-8-21/h5-14,17,20H,4,15-16,18H2,1-3H3/t20-/m1/s1. The van der Waals surface area contributed by atoms with Crippen molar-refractivity contribution in [1.29, 1.82) is 0 Å². The fourth-order valence-electron chi connectivity index (χ4n) is 4.93. The average Bonchev–Trinajstić information content (AvgIpc) is 3.61. The van der Waals surface area contributed by atoms with E-state index in [-0.39, 0.29) is 10.9 Å². The molecule has 200 valence electrons. The fourth-order valence-corrected chi connectivity index (χ4v) is 6.23. The van der Waals surface area contributed by atoms with Crippen LogP contribution >= 0.6 is 0 Å². The van der Waals surface area contributed by atoms with Gasteiger partial charge < -0.3 is 9.64 Å². The number of ether oxygens (including phenoxy) is 1. The molecule has 0 amide bonds. The molecule has 1 aromatic carbocycles. The number of hydrogen-bond donors (Lipinski definition) is 0. The SMILES string of the molecule is CCn1nccc1-c1cc(N2CCOC[C@H]2C)nc(-c2ccnc3c2ccn3S(=O)(=O)c2ccc(C)cc2)n1. The van der Waals surface area contributed by atoms with Crippen molar-refractivity contribution >= 4 is 26.9 Å². The van der Waals surface area contributed by atoms with Crippen LogP contribution < -0.4 is 4.90 Å². The molecule has 10 nitrogen and oxygen atoms in total. The van der Waals surface area contributed by atoms with Gasteiger partial charge in [0.2, 0.25) is 0 Å². The Bertz CT molecular complexity index is 1760. The van der Waals surface area contributed by atoms with Crippen LogP contribution in [-0.2, 0) is 21.3 Å². The van der Waals surface area contributed by atoms with E-state index in [2.05, 4.69) is 21.9 Å². The number of rotatable bonds is 6. The van der Waals surface area contributed by atoms with Crippen LogP contribution in [0.2, 0.25) is 0 Å². The average molecular weight is 544 g/mol. The summed E-state index contributed by atoms with van der Waals surface area (Å²) in [6, 6.07) is 14.4. The minimum absolute atomic E-state index is 0.142. The Kier molecular flexibility index (Phi) is 6.40. The topological polar surface area (TPSA) is 108 Å². The molecule has 1 fully saturated rings. The third-order valence-corrected chi connectivity index (χ3v) is 8.71. The zero-order chi connectivity index (χ0) is 27.1. The Hall–Kier alpha value is -4.09. The van der Waals surface area contributed by atoms with Gasteiger partial charge in [0, 0.05) is 48.7 Å². The number of morpholine rings is 1. The maximum Gasteiger partial charge on any atom is 0.269 e. The Labute approximate surface area is 227 Å². The summed E-state index contributed by atoms with van der Waals surface area (Å²) in [6.45, 7) is 8.70. The van der Waals surface area contributed by atoms with E-state index in [0.29, 0.717) is 48.7 Å². The molecule has 0 aliphatic carbocycles. The monoisotopic (exact) mass is 543 g/mol. The first-order valence-electron chi connectivity index (χ1n) is 12.9. The maximum absolute atomic E-state index is 13.5. The minimum Gasteiger partial charge on any atom is -0.377 e. The second kappa shape index (κ2) is 9.90. The Balaban J connectivity index is 1.52. The van der Waals surface area contributed by atoms with Crippen LogP contribution in [0.25, 0.3) is 33.8 Å². The smallest absolute Gasteiger partial charge is 0.269 e. The third kappa shape index (κ3) is 4.47. The number of fused-ring (bicyclic) bond motifs is 1. The second-order valence-corrected chi connectivity index (χ2v) is 11.4. The highest BCUT2D eigenvalue weighted by molar-refractivity contribution is 7.90. The highest BCUT2D eigenvalue weighted by atomic mass is 32.2. The van der Waals surface area contributed by atoms with Crippen LogP contribution in [-0.4, -0.2) is 62.9 Å².